The van der Waals surface area contributed by atoms with Gasteiger partial charge in [0.2, 0.25) is 0 Å². The molecule has 1 aliphatic carbocycles. The molecule has 0 bridgehead atoms. The molecule has 0 radical (unpaired) electrons. The minimum Gasteiger partial charge on any atom is -0.490 e. The summed E-state index contributed by atoms with van der Waals surface area (Å²) in [7, 11) is 0. The number of nitrogens with one attached hydrogen (secondary N) is 1. The van der Waals surface area contributed by atoms with Gasteiger partial charge in [-0.3, -0.25) is 9.59 Å². The van der Waals surface area contributed by atoms with Gasteiger partial charge in [0.1, 0.15) is 0 Å². The smallest absolute Gasteiger partial charge is 0.306 e. The molecule has 6 nitrogen and oxygen atoms in total. The lowest BCUT2D eigenvalue weighted by Gasteiger charge is -2.14. The summed E-state index contributed by atoms with van der Waals surface area (Å²) in [5.74, 6) is 0.723. The number of hydrogen-bond acceptors (Lipinski definition) is 5. The Morgan fingerprint density at radius 3 is 2.50 bits per heavy atom. The molecule has 0 saturated heterocycles. The van der Waals surface area contributed by atoms with E-state index in [0.717, 1.165) is 12.8 Å². The van der Waals surface area contributed by atoms with E-state index in [1.54, 1.807) is 6.92 Å². The maximum absolute atomic E-state index is 11.8. The van der Waals surface area contributed by atoms with Crippen molar-refractivity contribution in [3.05, 3.63) is 24.3 Å². The van der Waals surface area contributed by atoms with Crippen LogP contribution in [0.3, 0.4) is 0 Å². The fourth-order valence-electron chi connectivity index (χ4n) is 2.10. The van der Waals surface area contributed by atoms with Gasteiger partial charge in [-0.1, -0.05) is 12.1 Å². The van der Waals surface area contributed by atoms with Crippen molar-refractivity contribution in [1.29, 1.82) is 0 Å². The van der Waals surface area contributed by atoms with E-state index in [2.05, 4.69) is 5.32 Å². The van der Waals surface area contributed by atoms with Gasteiger partial charge in [-0.2, -0.15) is 0 Å². The molecular weight excluding hydrogens is 310 g/mol. The number of hydrogen-bond donors (Lipinski definition) is 1. The van der Waals surface area contributed by atoms with Gasteiger partial charge in [0.25, 0.3) is 5.91 Å². The van der Waals surface area contributed by atoms with Crippen molar-refractivity contribution in [3.8, 4) is 11.5 Å². The highest BCUT2D eigenvalue weighted by Crippen LogP contribution is 2.26. The van der Waals surface area contributed by atoms with Crippen LogP contribution >= 0.6 is 0 Å². The average Bonchev–Trinajstić information content (AvgIpc) is 3.37. The first-order chi connectivity index (χ1) is 11.6. The van der Waals surface area contributed by atoms with Gasteiger partial charge in [-0.25, -0.2) is 0 Å². The number of amides is 1. The molecule has 1 amide bonds. The zero-order valence-corrected chi connectivity index (χ0v) is 14.2. The molecule has 0 unspecified atom stereocenters. The lowest BCUT2D eigenvalue weighted by Crippen LogP contribution is -2.37. The third-order valence-electron chi connectivity index (χ3n) is 3.53. The maximum Gasteiger partial charge on any atom is 0.306 e. The third-order valence-corrected chi connectivity index (χ3v) is 3.53. The summed E-state index contributed by atoms with van der Waals surface area (Å²) in [6, 6.07) is 7.67. The van der Waals surface area contributed by atoms with Crippen LogP contribution in [0.1, 0.15) is 39.5 Å². The zero-order chi connectivity index (χ0) is 17.4. The Kier molecular flexibility index (Phi) is 6.90. The lowest BCUT2D eigenvalue weighted by molar-refractivity contribution is -0.155. The molecule has 0 aliphatic heterocycles. The number of para-hydroxylation sites is 2. The van der Waals surface area contributed by atoms with Crippen molar-refractivity contribution in [2.75, 3.05) is 13.2 Å². The zero-order valence-electron chi connectivity index (χ0n) is 14.2. The van der Waals surface area contributed by atoms with Gasteiger partial charge in [-0.05, 0) is 45.2 Å². The molecule has 0 heterocycles. The number of carbonyl (C=O) groups is 2. The van der Waals surface area contributed by atoms with Gasteiger partial charge in [0, 0.05) is 12.5 Å². The number of benzene rings is 1. The standard InChI is InChI=1S/C18H25NO5/c1-3-22-15-7-4-5-8-16(15)23-12-6-9-17(20)24-13(2)18(21)19-14-10-11-14/h4-5,7-8,13-14H,3,6,9-12H2,1-2H3,(H,19,21)/t13-/m0/s1. The SMILES string of the molecule is CCOc1ccccc1OCCCC(=O)O[C@@H](C)C(=O)NC1CC1. The van der Waals surface area contributed by atoms with Crippen LogP contribution in [0.2, 0.25) is 0 Å². The fourth-order valence-corrected chi connectivity index (χ4v) is 2.10. The predicted octanol–water partition coefficient (Wildman–Crippen LogP) is 2.45. The summed E-state index contributed by atoms with van der Waals surface area (Å²) < 4.78 is 16.2. The van der Waals surface area contributed by atoms with Crippen LogP contribution < -0.4 is 14.8 Å². The highest BCUT2D eigenvalue weighted by molar-refractivity contribution is 5.83. The van der Waals surface area contributed by atoms with Crippen molar-refractivity contribution < 1.29 is 23.8 Å². The Morgan fingerprint density at radius 2 is 1.88 bits per heavy atom. The largest absolute Gasteiger partial charge is 0.490 e. The van der Waals surface area contributed by atoms with Crippen LogP contribution in [0, 0.1) is 0 Å². The molecule has 1 atom stereocenters. The number of ether oxygens (including phenoxy) is 3. The molecule has 1 N–H and O–H groups in total. The molecule has 1 fully saturated rings. The molecule has 1 saturated carbocycles. The Bertz CT molecular complexity index is 556. The highest BCUT2D eigenvalue weighted by atomic mass is 16.5. The lowest BCUT2D eigenvalue weighted by atomic mass is 10.3. The van der Waals surface area contributed by atoms with Crippen LogP contribution in [0.25, 0.3) is 0 Å². The van der Waals surface area contributed by atoms with Crippen LogP contribution in [0.5, 0.6) is 11.5 Å². The van der Waals surface area contributed by atoms with E-state index >= 15 is 0 Å². The predicted molar refractivity (Wildman–Crippen MR) is 89.1 cm³/mol. The minimum atomic E-state index is -0.752. The van der Waals surface area contributed by atoms with Crippen molar-refractivity contribution >= 4 is 11.9 Å². The molecule has 1 aromatic rings. The summed E-state index contributed by atoms with van der Waals surface area (Å²) in [6.07, 6.45) is 1.98. The van der Waals surface area contributed by atoms with Crippen LogP contribution in [-0.4, -0.2) is 37.2 Å². The van der Waals surface area contributed by atoms with Gasteiger partial charge < -0.3 is 19.5 Å². The Labute approximate surface area is 142 Å². The molecule has 24 heavy (non-hydrogen) atoms. The second kappa shape index (κ2) is 9.15. The summed E-state index contributed by atoms with van der Waals surface area (Å²) in [5, 5.41) is 2.81. The number of carbonyl (C=O) groups excluding carboxylic acids is 2. The normalized spacial score (nSPS) is 14.6. The maximum atomic E-state index is 11.8. The molecule has 1 aromatic carbocycles. The van der Waals surface area contributed by atoms with E-state index in [9.17, 15) is 9.59 Å². The van der Waals surface area contributed by atoms with Crippen molar-refractivity contribution in [2.45, 2.75) is 51.7 Å². The molecular formula is C18H25NO5. The molecule has 132 valence electrons. The Morgan fingerprint density at radius 1 is 1.21 bits per heavy atom. The monoisotopic (exact) mass is 335 g/mol. The summed E-state index contributed by atoms with van der Waals surface area (Å²) in [5.41, 5.74) is 0. The number of esters is 1. The average molecular weight is 335 g/mol. The Balaban J connectivity index is 1.64. The van der Waals surface area contributed by atoms with Gasteiger partial charge in [-0.15, -0.1) is 0 Å². The molecule has 2 rings (SSSR count). The van der Waals surface area contributed by atoms with E-state index in [0.29, 0.717) is 31.1 Å². The number of rotatable bonds is 10. The van der Waals surface area contributed by atoms with Gasteiger partial charge in [0.05, 0.1) is 13.2 Å². The first-order valence-electron chi connectivity index (χ1n) is 8.44. The molecule has 0 spiro atoms. The van der Waals surface area contributed by atoms with Crippen LogP contribution in [-0.2, 0) is 14.3 Å². The van der Waals surface area contributed by atoms with E-state index in [4.69, 9.17) is 14.2 Å². The van der Waals surface area contributed by atoms with Gasteiger partial charge in [0.15, 0.2) is 17.6 Å². The fraction of sp³-hybridized carbons (Fsp3) is 0.556. The van der Waals surface area contributed by atoms with Crippen LogP contribution in [0.4, 0.5) is 0 Å². The molecule has 0 aromatic heterocycles. The third kappa shape index (κ3) is 6.10. The Hall–Kier alpha value is -2.24. The molecule has 6 heteroatoms. The second-order valence-corrected chi connectivity index (χ2v) is 5.75. The van der Waals surface area contributed by atoms with E-state index in [1.165, 1.54) is 0 Å². The van der Waals surface area contributed by atoms with Crippen LogP contribution in [0.15, 0.2) is 24.3 Å². The second-order valence-electron chi connectivity index (χ2n) is 5.75. The highest BCUT2D eigenvalue weighted by Gasteiger charge is 2.27. The van der Waals surface area contributed by atoms with Gasteiger partial charge >= 0.3 is 5.97 Å². The van der Waals surface area contributed by atoms with E-state index in [1.807, 2.05) is 31.2 Å². The van der Waals surface area contributed by atoms with Crippen molar-refractivity contribution in [2.24, 2.45) is 0 Å². The van der Waals surface area contributed by atoms with E-state index < -0.39 is 12.1 Å². The summed E-state index contributed by atoms with van der Waals surface area (Å²) in [6.45, 7) is 4.44. The summed E-state index contributed by atoms with van der Waals surface area (Å²) >= 11 is 0. The summed E-state index contributed by atoms with van der Waals surface area (Å²) in [4.78, 5) is 23.5. The quantitative estimate of drug-likeness (QED) is 0.525. The topological polar surface area (TPSA) is 73.9 Å². The molecule has 1 aliphatic rings. The van der Waals surface area contributed by atoms with Crippen molar-refractivity contribution in [1.82, 2.24) is 5.32 Å². The first-order valence-corrected chi connectivity index (χ1v) is 8.44. The minimum absolute atomic E-state index is 0.206. The van der Waals surface area contributed by atoms with E-state index in [-0.39, 0.29) is 18.4 Å². The first kappa shape index (κ1) is 18.1. The van der Waals surface area contributed by atoms with Crippen molar-refractivity contribution in [3.63, 3.8) is 0 Å².